The third kappa shape index (κ3) is 4.21. The van der Waals surface area contributed by atoms with Gasteiger partial charge in [-0.3, -0.25) is 4.68 Å². The molecule has 3 heterocycles. The molecule has 0 saturated carbocycles. The Morgan fingerprint density at radius 3 is 2.65 bits per heavy atom. The molecule has 0 bridgehead atoms. The molecule has 1 saturated heterocycles. The van der Waals surface area contributed by atoms with Crippen LogP contribution in [0.2, 0.25) is 0 Å². The van der Waals surface area contributed by atoms with E-state index >= 15 is 0 Å². The number of nitrogens with zero attached hydrogens (tertiary/aromatic N) is 4. The summed E-state index contributed by atoms with van der Waals surface area (Å²) in [5.41, 5.74) is -0.0451. The van der Waals surface area contributed by atoms with Gasteiger partial charge in [0.05, 0.1) is 23.7 Å². The lowest BCUT2D eigenvalue weighted by Crippen LogP contribution is -2.47. The van der Waals surface area contributed by atoms with Crippen LogP contribution < -0.4 is 0 Å². The fourth-order valence-corrected chi connectivity index (χ4v) is 4.01. The largest absolute Gasteiger partial charge is 0.507 e. The van der Waals surface area contributed by atoms with E-state index in [1.807, 2.05) is 4.90 Å². The van der Waals surface area contributed by atoms with Crippen molar-refractivity contribution in [2.75, 3.05) is 20.1 Å². The van der Waals surface area contributed by atoms with Gasteiger partial charge in [-0.1, -0.05) is 0 Å². The van der Waals surface area contributed by atoms with E-state index in [1.165, 1.54) is 11.6 Å². The van der Waals surface area contributed by atoms with Crippen molar-refractivity contribution in [2.24, 2.45) is 5.92 Å². The van der Waals surface area contributed by atoms with Gasteiger partial charge in [0, 0.05) is 36.7 Å². The number of alkyl halides is 5. The number of likely N-dealkylation sites (tertiary alicyclic amines) is 1. The maximum atomic E-state index is 14.3. The Morgan fingerprint density at radius 2 is 1.97 bits per heavy atom. The lowest BCUT2D eigenvalue weighted by atomic mass is 9.94. The first kappa shape index (κ1) is 21.5. The Bertz CT molecular complexity index is 1100. The average Bonchev–Trinajstić information content (AvgIpc) is 3.05. The van der Waals surface area contributed by atoms with Crippen molar-refractivity contribution in [1.82, 2.24) is 19.7 Å². The maximum absolute atomic E-state index is 14.3. The number of rotatable bonds is 3. The van der Waals surface area contributed by atoms with E-state index in [0.29, 0.717) is 18.0 Å². The van der Waals surface area contributed by atoms with E-state index in [4.69, 9.17) is 0 Å². The summed E-state index contributed by atoms with van der Waals surface area (Å²) >= 11 is 0. The molecular weight excluding hydrogens is 419 g/mol. The first-order valence-corrected chi connectivity index (χ1v) is 9.76. The normalized spacial score (nSPS) is 19.8. The number of hydrogen-bond acceptors (Lipinski definition) is 4. The van der Waals surface area contributed by atoms with Crippen molar-refractivity contribution < 1.29 is 27.1 Å². The van der Waals surface area contributed by atoms with Crippen LogP contribution in [0, 0.1) is 12.8 Å². The molecule has 1 aliphatic heterocycles. The van der Waals surface area contributed by atoms with Crippen molar-refractivity contribution in [1.29, 1.82) is 0 Å². The minimum Gasteiger partial charge on any atom is -0.507 e. The first-order valence-electron chi connectivity index (χ1n) is 9.76. The Labute approximate surface area is 175 Å². The van der Waals surface area contributed by atoms with Gasteiger partial charge in [-0.2, -0.15) is 18.3 Å². The summed E-state index contributed by atoms with van der Waals surface area (Å²) in [6, 6.07) is 4.82. The van der Waals surface area contributed by atoms with E-state index in [9.17, 15) is 27.1 Å². The van der Waals surface area contributed by atoms with Crippen LogP contribution in [0.15, 0.2) is 30.5 Å². The van der Waals surface area contributed by atoms with Crippen LogP contribution in [0.25, 0.3) is 22.3 Å². The molecule has 2 aromatic heterocycles. The number of halogens is 5. The molecule has 0 amide bonds. The second-order valence-electron chi connectivity index (χ2n) is 8.12. The van der Waals surface area contributed by atoms with Crippen molar-refractivity contribution in [3.05, 3.63) is 41.6 Å². The Hall–Kier alpha value is -2.75. The molecule has 0 unspecified atom stereocenters. The first-order chi connectivity index (χ1) is 14.4. The molecule has 1 aromatic carbocycles. The lowest BCUT2D eigenvalue weighted by molar-refractivity contribution is -0.137. The zero-order chi connectivity index (χ0) is 22.6. The topological polar surface area (TPSA) is 54.2 Å². The van der Waals surface area contributed by atoms with Crippen LogP contribution in [0.1, 0.15) is 17.5 Å². The van der Waals surface area contributed by atoms with Crippen LogP contribution in [-0.2, 0) is 12.7 Å². The molecular formula is C21H21F5N4O. The number of pyridine rings is 1. The Balaban J connectivity index is 1.66. The molecule has 0 spiro atoms. The van der Waals surface area contributed by atoms with Gasteiger partial charge in [-0.15, -0.1) is 0 Å². The minimum absolute atomic E-state index is 0.0214. The van der Waals surface area contributed by atoms with E-state index < -0.39 is 29.3 Å². The van der Waals surface area contributed by atoms with Crippen molar-refractivity contribution >= 4 is 11.0 Å². The van der Waals surface area contributed by atoms with Crippen LogP contribution in [-0.4, -0.2) is 50.8 Å². The zero-order valence-electron chi connectivity index (χ0n) is 16.9. The summed E-state index contributed by atoms with van der Waals surface area (Å²) in [6.45, 7) is 2.07. The van der Waals surface area contributed by atoms with Crippen molar-refractivity contribution in [3.8, 4) is 17.0 Å². The summed E-state index contributed by atoms with van der Waals surface area (Å²) in [6.07, 6.45) is -3.16. The minimum atomic E-state index is -4.58. The summed E-state index contributed by atoms with van der Waals surface area (Å²) in [5.74, 6) is -4.21. The van der Waals surface area contributed by atoms with Gasteiger partial charge in [-0.25, -0.2) is 13.8 Å². The number of fused-ring (bicyclic) bond motifs is 1. The second kappa shape index (κ2) is 7.44. The summed E-state index contributed by atoms with van der Waals surface area (Å²) < 4.78 is 68.9. The zero-order valence-corrected chi connectivity index (χ0v) is 16.9. The predicted molar refractivity (Wildman–Crippen MR) is 105 cm³/mol. The van der Waals surface area contributed by atoms with E-state index in [2.05, 4.69) is 10.1 Å². The summed E-state index contributed by atoms with van der Waals surface area (Å²) in [5, 5.41) is 15.1. The molecule has 1 N–H and O–H groups in total. The quantitative estimate of drug-likeness (QED) is 0.599. The van der Waals surface area contributed by atoms with E-state index in [-0.39, 0.29) is 42.0 Å². The number of phenolic OH excluding ortho intramolecular Hbond substituents is 1. The van der Waals surface area contributed by atoms with Gasteiger partial charge in [0.25, 0.3) is 5.92 Å². The van der Waals surface area contributed by atoms with Crippen LogP contribution in [0.3, 0.4) is 0 Å². The predicted octanol–water partition coefficient (Wildman–Crippen LogP) is 4.72. The van der Waals surface area contributed by atoms with Gasteiger partial charge in [0.2, 0.25) is 0 Å². The van der Waals surface area contributed by atoms with E-state index in [1.54, 1.807) is 25.4 Å². The standard InChI is InChI=1S/C21H21F5N4O/c1-12-7-14(21(24,25)26)8-17(31)18(12)16-4-3-13-9-30(28-19(13)27-16)11-15-10-29(2)6-5-20(15,22)23/h3-4,7-9,15,31H,5-6,10-11H2,1-2H3/t15-/m0/s1. The molecule has 31 heavy (non-hydrogen) atoms. The number of benzene rings is 1. The Kier molecular flexibility index (Phi) is 5.15. The van der Waals surface area contributed by atoms with Gasteiger partial charge >= 0.3 is 6.18 Å². The molecule has 1 aliphatic rings. The summed E-state index contributed by atoms with van der Waals surface area (Å²) in [4.78, 5) is 6.21. The molecule has 1 fully saturated rings. The lowest BCUT2D eigenvalue weighted by Gasteiger charge is -2.36. The monoisotopic (exact) mass is 440 g/mol. The highest BCUT2D eigenvalue weighted by Crippen LogP contribution is 2.39. The van der Waals surface area contributed by atoms with Gasteiger partial charge in [-0.05, 0) is 43.8 Å². The number of aromatic nitrogens is 3. The van der Waals surface area contributed by atoms with Crippen LogP contribution in [0.4, 0.5) is 22.0 Å². The molecule has 5 nitrogen and oxygen atoms in total. The van der Waals surface area contributed by atoms with Crippen LogP contribution >= 0.6 is 0 Å². The molecule has 1 atom stereocenters. The number of aromatic hydroxyl groups is 1. The van der Waals surface area contributed by atoms with Gasteiger partial charge < -0.3 is 10.0 Å². The SMILES string of the molecule is Cc1cc(C(F)(F)F)cc(O)c1-c1ccc2cn(C[C@@H]3CN(C)CCC3(F)F)nc2n1. The fourth-order valence-electron chi connectivity index (χ4n) is 4.01. The number of piperidine rings is 1. The van der Waals surface area contributed by atoms with E-state index in [0.717, 1.165) is 6.07 Å². The van der Waals surface area contributed by atoms with Crippen molar-refractivity contribution in [2.45, 2.75) is 32.0 Å². The van der Waals surface area contributed by atoms with Gasteiger partial charge in [0.1, 0.15) is 5.75 Å². The van der Waals surface area contributed by atoms with Gasteiger partial charge in [0.15, 0.2) is 5.65 Å². The number of aryl methyl sites for hydroxylation is 1. The highest BCUT2D eigenvalue weighted by Gasteiger charge is 2.43. The third-order valence-corrected chi connectivity index (χ3v) is 5.68. The smallest absolute Gasteiger partial charge is 0.416 e. The second-order valence-corrected chi connectivity index (χ2v) is 8.12. The Morgan fingerprint density at radius 1 is 1.23 bits per heavy atom. The number of phenols is 1. The van der Waals surface area contributed by atoms with Crippen molar-refractivity contribution in [3.63, 3.8) is 0 Å². The molecule has 166 valence electrons. The average molecular weight is 440 g/mol. The molecule has 0 radical (unpaired) electrons. The molecule has 10 heteroatoms. The third-order valence-electron chi connectivity index (χ3n) is 5.68. The maximum Gasteiger partial charge on any atom is 0.416 e. The highest BCUT2D eigenvalue weighted by molar-refractivity contribution is 5.80. The highest BCUT2D eigenvalue weighted by atomic mass is 19.4. The fraction of sp³-hybridized carbons (Fsp3) is 0.429. The summed E-state index contributed by atoms with van der Waals surface area (Å²) in [7, 11) is 1.80. The molecule has 0 aliphatic carbocycles. The number of hydrogen-bond donors (Lipinski definition) is 1. The molecule has 4 rings (SSSR count). The van der Waals surface area contributed by atoms with Crippen LogP contribution in [0.5, 0.6) is 5.75 Å². The molecule has 3 aromatic rings.